The molecule has 0 aromatic rings. The van der Waals surface area contributed by atoms with Crippen molar-refractivity contribution in [2.45, 2.75) is 45.6 Å². The van der Waals surface area contributed by atoms with Gasteiger partial charge in [-0.15, -0.1) is 0 Å². The van der Waals surface area contributed by atoms with Gasteiger partial charge in [-0.1, -0.05) is 20.3 Å². The lowest BCUT2D eigenvalue weighted by molar-refractivity contribution is 0.319. The SMILES string of the molecule is CCC(C)CNC1CC2CC1C1CC21. The second kappa shape index (κ2) is 3.23. The predicted molar refractivity (Wildman–Crippen MR) is 59.1 cm³/mol. The van der Waals surface area contributed by atoms with Gasteiger partial charge in [0.2, 0.25) is 0 Å². The summed E-state index contributed by atoms with van der Waals surface area (Å²) in [6.07, 6.45) is 5.96. The summed E-state index contributed by atoms with van der Waals surface area (Å²) in [4.78, 5) is 0. The first-order valence-electron chi connectivity index (χ1n) is 6.53. The molecule has 0 spiro atoms. The smallest absolute Gasteiger partial charge is 0.0101 e. The summed E-state index contributed by atoms with van der Waals surface area (Å²) in [7, 11) is 0. The summed E-state index contributed by atoms with van der Waals surface area (Å²) in [5.41, 5.74) is 0. The molecular weight excluding hydrogens is 170 g/mol. The Balaban J connectivity index is 1.51. The highest BCUT2D eigenvalue weighted by molar-refractivity contribution is 5.11. The number of hydrogen-bond donors (Lipinski definition) is 1. The van der Waals surface area contributed by atoms with E-state index in [9.17, 15) is 0 Å². The van der Waals surface area contributed by atoms with Crippen molar-refractivity contribution in [2.24, 2.45) is 29.6 Å². The lowest BCUT2D eigenvalue weighted by Crippen LogP contribution is -2.37. The topological polar surface area (TPSA) is 12.0 Å². The van der Waals surface area contributed by atoms with E-state index in [-0.39, 0.29) is 0 Å². The van der Waals surface area contributed by atoms with Crippen molar-refractivity contribution in [3.63, 3.8) is 0 Å². The van der Waals surface area contributed by atoms with Gasteiger partial charge in [-0.3, -0.25) is 0 Å². The number of rotatable bonds is 4. The summed E-state index contributed by atoms with van der Waals surface area (Å²) in [6.45, 7) is 5.91. The molecule has 3 aliphatic rings. The largest absolute Gasteiger partial charge is 0.313 e. The third-order valence-electron chi connectivity index (χ3n) is 5.12. The Kier molecular flexibility index (Phi) is 2.12. The van der Waals surface area contributed by atoms with Gasteiger partial charge in [0.25, 0.3) is 0 Å². The van der Waals surface area contributed by atoms with E-state index >= 15 is 0 Å². The first-order valence-corrected chi connectivity index (χ1v) is 6.53. The predicted octanol–water partition coefficient (Wildman–Crippen LogP) is 2.67. The Bertz CT molecular complexity index is 225. The lowest BCUT2D eigenvalue weighted by Gasteiger charge is -2.24. The zero-order valence-electron chi connectivity index (χ0n) is 9.50. The summed E-state index contributed by atoms with van der Waals surface area (Å²) in [5, 5.41) is 3.82. The molecule has 1 N–H and O–H groups in total. The van der Waals surface area contributed by atoms with E-state index in [1.807, 2.05) is 0 Å². The van der Waals surface area contributed by atoms with Crippen LogP contribution in [0.3, 0.4) is 0 Å². The minimum absolute atomic E-state index is 0.865. The second-order valence-corrected chi connectivity index (χ2v) is 5.99. The van der Waals surface area contributed by atoms with Crippen LogP contribution in [0.5, 0.6) is 0 Å². The molecule has 0 aromatic carbocycles. The minimum atomic E-state index is 0.865. The van der Waals surface area contributed by atoms with Crippen LogP contribution in [-0.4, -0.2) is 12.6 Å². The standard InChI is InChI=1S/C13H23N/c1-3-8(2)7-14-13-5-9-4-12(13)11-6-10(9)11/h8-14H,3-7H2,1-2H3. The average Bonchev–Trinajstić information content (AvgIpc) is 2.82. The molecule has 1 heteroatoms. The molecule has 0 aliphatic heterocycles. The van der Waals surface area contributed by atoms with Gasteiger partial charge in [0.05, 0.1) is 0 Å². The van der Waals surface area contributed by atoms with Crippen LogP contribution in [0.4, 0.5) is 0 Å². The normalized spacial score (nSPS) is 50.6. The van der Waals surface area contributed by atoms with E-state index in [0.717, 1.165) is 29.7 Å². The lowest BCUT2D eigenvalue weighted by atomic mass is 9.94. The van der Waals surface area contributed by atoms with Gasteiger partial charge in [0.1, 0.15) is 0 Å². The Morgan fingerprint density at radius 1 is 1.14 bits per heavy atom. The van der Waals surface area contributed by atoms with E-state index in [1.54, 1.807) is 12.8 Å². The van der Waals surface area contributed by atoms with E-state index in [2.05, 4.69) is 19.2 Å². The van der Waals surface area contributed by atoms with Gasteiger partial charge >= 0.3 is 0 Å². The zero-order valence-corrected chi connectivity index (χ0v) is 9.50. The highest BCUT2D eigenvalue weighted by Gasteiger charge is 2.60. The van der Waals surface area contributed by atoms with Gasteiger partial charge in [0.15, 0.2) is 0 Å². The summed E-state index contributed by atoms with van der Waals surface area (Å²) >= 11 is 0. The van der Waals surface area contributed by atoms with E-state index in [0.29, 0.717) is 0 Å². The van der Waals surface area contributed by atoms with Crippen molar-refractivity contribution in [3.05, 3.63) is 0 Å². The van der Waals surface area contributed by atoms with E-state index in [1.165, 1.54) is 25.3 Å². The first-order chi connectivity index (χ1) is 6.79. The van der Waals surface area contributed by atoms with Crippen LogP contribution in [0.25, 0.3) is 0 Å². The van der Waals surface area contributed by atoms with Gasteiger partial charge in [-0.25, -0.2) is 0 Å². The molecule has 6 atom stereocenters. The summed E-state index contributed by atoms with van der Waals surface area (Å²) < 4.78 is 0. The molecule has 2 bridgehead atoms. The molecule has 0 heterocycles. The molecule has 6 unspecified atom stereocenters. The molecule has 3 saturated carbocycles. The third-order valence-corrected chi connectivity index (χ3v) is 5.12. The third kappa shape index (κ3) is 1.32. The molecule has 0 radical (unpaired) electrons. The number of fused-ring (bicyclic) bond motifs is 5. The highest BCUT2D eigenvalue weighted by Crippen LogP contribution is 2.65. The summed E-state index contributed by atoms with van der Waals surface area (Å²) in [6, 6.07) is 0.901. The maximum Gasteiger partial charge on any atom is 0.0101 e. The molecule has 80 valence electrons. The van der Waals surface area contributed by atoms with E-state index in [4.69, 9.17) is 0 Å². The summed E-state index contributed by atoms with van der Waals surface area (Å²) in [5.74, 6) is 5.41. The first kappa shape index (κ1) is 9.21. The zero-order chi connectivity index (χ0) is 9.71. The maximum absolute atomic E-state index is 3.82. The molecule has 3 aliphatic carbocycles. The van der Waals surface area contributed by atoms with Crippen molar-refractivity contribution < 1.29 is 0 Å². The Morgan fingerprint density at radius 2 is 2.00 bits per heavy atom. The highest BCUT2D eigenvalue weighted by atomic mass is 15.0. The van der Waals surface area contributed by atoms with Gasteiger partial charge < -0.3 is 5.32 Å². The minimum Gasteiger partial charge on any atom is -0.313 e. The van der Waals surface area contributed by atoms with Crippen LogP contribution in [0.15, 0.2) is 0 Å². The quantitative estimate of drug-likeness (QED) is 0.724. The average molecular weight is 193 g/mol. The fraction of sp³-hybridized carbons (Fsp3) is 1.00. The Hall–Kier alpha value is -0.0400. The molecule has 0 amide bonds. The monoisotopic (exact) mass is 193 g/mol. The molecule has 3 rings (SSSR count). The van der Waals surface area contributed by atoms with Crippen LogP contribution in [0.1, 0.15) is 39.5 Å². The van der Waals surface area contributed by atoms with Crippen LogP contribution >= 0.6 is 0 Å². The maximum atomic E-state index is 3.82. The molecule has 14 heavy (non-hydrogen) atoms. The van der Waals surface area contributed by atoms with Crippen LogP contribution in [0, 0.1) is 29.6 Å². The van der Waals surface area contributed by atoms with Crippen molar-refractivity contribution in [2.75, 3.05) is 6.54 Å². The van der Waals surface area contributed by atoms with Crippen molar-refractivity contribution in [1.82, 2.24) is 5.32 Å². The molecule has 0 saturated heterocycles. The van der Waals surface area contributed by atoms with Crippen LogP contribution < -0.4 is 5.32 Å². The fourth-order valence-corrected chi connectivity index (χ4v) is 3.94. The number of nitrogens with one attached hydrogen (secondary N) is 1. The molecule has 0 aromatic heterocycles. The Labute approximate surface area is 87.7 Å². The van der Waals surface area contributed by atoms with Gasteiger partial charge in [-0.2, -0.15) is 0 Å². The van der Waals surface area contributed by atoms with Crippen LogP contribution in [0.2, 0.25) is 0 Å². The van der Waals surface area contributed by atoms with E-state index < -0.39 is 0 Å². The fourth-order valence-electron chi connectivity index (χ4n) is 3.94. The van der Waals surface area contributed by atoms with Gasteiger partial charge in [-0.05, 0) is 55.4 Å². The molecule has 3 fully saturated rings. The second-order valence-electron chi connectivity index (χ2n) is 5.99. The van der Waals surface area contributed by atoms with Crippen molar-refractivity contribution in [3.8, 4) is 0 Å². The van der Waals surface area contributed by atoms with Gasteiger partial charge in [0, 0.05) is 6.04 Å². The van der Waals surface area contributed by atoms with Crippen molar-refractivity contribution >= 4 is 0 Å². The number of hydrogen-bond acceptors (Lipinski definition) is 1. The molecular formula is C13H23N. The molecule has 1 nitrogen and oxygen atoms in total. The van der Waals surface area contributed by atoms with Crippen molar-refractivity contribution in [1.29, 1.82) is 0 Å². The Morgan fingerprint density at radius 3 is 2.64 bits per heavy atom. The van der Waals surface area contributed by atoms with Crippen LogP contribution in [-0.2, 0) is 0 Å².